The molecule has 1 atom stereocenters. The molecule has 2 N–H and O–H groups in total. The molecule has 0 aromatic carbocycles. The van der Waals surface area contributed by atoms with Crippen LogP contribution < -0.4 is 15.8 Å². The Hall–Kier alpha value is -3.47. The van der Waals surface area contributed by atoms with Gasteiger partial charge in [-0.3, -0.25) is 4.79 Å². The van der Waals surface area contributed by atoms with Crippen LogP contribution in [0.3, 0.4) is 0 Å². The minimum absolute atomic E-state index is 0.0137. The highest BCUT2D eigenvalue weighted by Crippen LogP contribution is 2.31. The number of halogens is 3. The van der Waals surface area contributed by atoms with Crippen molar-refractivity contribution >= 4 is 17.5 Å². The van der Waals surface area contributed by atoms with Gasteiger partial charge in [0.2, 0.25) is 5.56 Å². The van der Waals surface area contributed by atoms with Gasteiger partial charge in [-0.2, -0.15) is 13.2 Å². The number of rotatable bonds is 4. The van der Waals surface area contributed by atoms with Crippen LogP contribution in [0.15, 0.2) is 47.5 Å². The first-order valence-electron chi connectivity index (χ1n) is 9.48. The van der Waals surface area contributed by atoms with Crippen molar-refractivity contribution in [1.82, 2.24) is 19.9 Å². The molecule has 3 aromatic rings. The summed E-state index contributed by atoms with van der Waals surface area (Å²) >= 11 is 0. The molecule has 0 spiro atoms. The highest BCUT2D eigenvalue weighted by molar-refractivity contribution is 5.70. The lowest BCUT2D eigenvalue weighted by atomic mass is 10.1. The van der Waals surface area contributed by atoms with E-state index in [4.69, 9.17) is 4.74 Å². The van der Waals surface area contributed by atoms with Crippen LogP contribution in [0.25, 0.3) is 11.1 Å². The molecule has 162 valence electrons. The van der Waals surface area contributed by atoms with Gasteiger partial charge in [-0.1, -0.05) is 0 Å². The topological polar surface area (TPSA) is 96.0 Å². The van der Waals surface area contributed by atoms with Gasteiger partial charge in [-0.15, -0.1) is 0 Å². The molecule has 8 nitrogen and oxygen atoms in total. The molecule has 4 heterocycles. The molecule has 0 amide bonds. The Morgan fingerprint density at radius 1 is 1.13 bits per heavy atom. The summed E-state index contributed by atoms with van der Waals surface area (Å²) in [5, 5.41) is 3.05. The number of hydrogen-bond donors (Lipinski definition) is 2. The predicted molar refractivity (Wildman–Crippen MR) is 108 cm³/mol. The lowest BCUT2D eigenvalue weighted by Gasteiger charge is -2.37. The van der Waals surface area contributed by atoms with Gasteiger partial charge in [0.1, 0.15) is 29.3 Å². The quantitative estimate of drug-likeness (QED) is 0.654. The van der Waals surface area contributed by atoms with Crippen LogP contribution in [0.5, 0.6) is 0 Å². The molecule has 31 heavy (non-hydrogen) atoms. The molecule has 0 radical (unpaired) electrons. The zero-order chi connectivity index (χ0) is 22.0. The summed E-state index contributed by atoms with van der Waals surface area (Å²) in [4.78, 5) is 28.4. The van der Waals surface area contributed by atoms with Crippen molar-refractivity contribution in [2.75, 3.05) is 30.0 Å². The summed E-state index contributed by atoms with van der Waals surface area (Å²) in [6, 6.07) is 6.08. The lowest BCUT2D eigenvalue weighted by Crippen LogP contribution is -2.54. The minimum Gasteiger partial charge on any atom is -0.377 e. The maximum Gasteiger partial charge on any atom is 0.411 e. The third-order valence-corrected chi connectivity index (χ3v) is 4.77. The number of H-pyrrole nitrogens is 1. The van der Waals surface area contributed by atoms with Gasteiger partial charge in [-0.25, -0.2) is 15.0 Å². The van der Waals surface area contributed by atoms with E-state index in [-0.39, 0.29) is 19.0 Å². The molecule has 1 fully saturated rings. The molecule has 1 aliphatic heterocycles. The molecule has 0 saturated carbocycles. The number of aromatic nitrogens is 4. The van der Waals surface area contributed by atoms with Crippen molar-refractivity contribution in [2.45, 2.75) is 19.1 Å². The Labute approximate surface area is 175 Å². The van der Waals surface area contributed by atoms with E-state index in [1.165, 1.54) is 12.1 Å². The second-order valence-electron chi connectivity index (χ2n) is 6.99. The molecule has 0 bridgehead atoms. The average molecular weight is 432 g/mol. The van der Waals surface area contributed by atoms with Crippen molar-refractivity contribution in [3.63, 3.8) is 0 Å². The highest BCUT2D eigenvalue weighted by Gasteiger charge is 2.45. The van der Waals surface area contributed by atoms with E-state index in [2.05, 4.69) is 25.3 Å². The van der Waals surface area contributed by atoms with E-state index in [1.807, 2.05) is 0 Å². The first kappa shape index (κ1) is 20.8. The number of pyridine rings is 2. The SMILES string of the molecule is Cc1nccc(Nc2cc(-c3cc(N4CCOCC4C(F)(F)F)[nH]c(=O)c3)ccn2)n1. The van der Waals surface area contributed by atoms with Crippen molar-refractivity contribution in [1.29, 1.82) is 0 Å². The Morgan fingerprint density at radius 2 is 1.94 bits per heavy atom. The number of aromatic amines is 1. The number of morpholine rings is 1. The number of hydrogen-bond acceptors (Lipinski definition) is 7. The molecule has 0 aliphatic carbocycles. The standard InChI is InChI=1S/C20H19F3N6O2/c1-12-24-5-3-16(26-12)27-17-8-13(2-4-25-17)14-9-18(28-19(30)10-14)29-6-7-31-11-15(29)20(21,22)23/h2-5,8-10,15H,6-7,11H2,1H3,(H,28,30)(H,24,25,26,27). The van der Waals surface area contributed by atoms with Gasteiger partial charge in [0.25, 0.3) is 0 Å². The van der Waals surface area contributed by atoms with Crippen LogP contribution in [0.2, 0.25) is 0 Å². The van der Waals surface area contributed by atoms with Crippen molar-refractivity contribution in [2.24, 2.45) is 0 Å². The maximum absolute atomic E-state index is 13.4. The molecule has 11 heteroatoms. The fraction of sp³-hybridized carbons (Fsp3) is 0.300. The van der Waals surface area contributed by atoms with Crippen molar-refractivity contribution in [3.05, 3.63) is 58.9 Å². The number of ether oxygens (including phenoxy) is 1. The Bertz CT molecular complexity index is 1130. The fourth-order valence-corrected chi connectivity index (χ4v) is 3.35. The van der Waals surface area contributed by atoms with Crippen LogP contribution in [-0.2, 0) is 4.74 Å². The minimum atomic E-state index is -4.49. The first-order valence-corrected chi connectivity index (χ1v) is 9.48. The largest absolute Gasteiger partial charge is 0.411 e. The van der Waals surface area contributed by atoms with Crippen LogP contribution in [-0.4, -0.2) is 51.9 Å². The summed E-state index contributed by atoms with van der Waals surface area (Å²) in [6.45, 7) is 1.42. The zero-order valence-corrected chi connectivity index (χ0v) is 16.5. The van der Waals surface area contributed by atoms with Crippen LogP contribution in [0.1, 0.15) is 5.82 Å². The highest BCUT2D eigenvalue weighted by atomic mass is 19.4. The normalized spacial score (nSPS) is 16.9. The summed E-state index contributed by atoms with van der Waals surface area (Å²) in [5.74, 6) is 1.69. The van der Waals surface area contributed by atoms with Gasteiger partial charge < -0.3 is 19.9 Å². The molecule has 1 saturated heterocycles. The maximum atomic E-state index is 13.4. The predicted octanol–water partition coefficient (Wildman–Crippen LogP) is 3.05. The van der Waals surface area contributed by atoms with Gasteiger partial charge >= 0.3 is 6.18 Å². The molecular formula is C20H19F3N6O2. The van der Waals surface area contributed by atoms with E-state index < -0.39 is 24.4 Å². The number of nitrogens with one attached hydrogen (secondary N) is 2. The van der Waals surface area contributed by atoms with Gasteiger partial charge in [0.05, 0.1) is 13.2 Å². The Kier molecular flexibility index (Phi) is 5.59. The Morgan fingerprint density at radius 3 is 2.71 bits per heavy atom. The van der Waals surface area contributed by atoms with E-state index in [9.17, 15) is 18.0 Å². The molecule has 1 aliphatic rings. The van der Waals surface area contributed by atoms with E-state index in [1.54, 1.807) is 37.5 Å². The first-order chi connectivity index (χ1) is 14.8. The van der Waals surface area contributed by atoms with E-state index in [0.717, 1.165) is 4.90 Å². The summed E-state index contributed by atoms with van der Waals surface area (Å²) in [6.07, 6.45) is -1.34. The lowest BCUT2D eigenvalue weighted by molar-refractivity contribution is -0.167. The number of alkyl halides is 3. The fourth-order valence-electron chi connectivity index (χ4n) is 3.35. The summed E-state index contributed by atoms with van der Waals surface area (Å²) in [5.41, 5.74) is 0.584. The van der Waals surface area contributed by atoms with Gasteiger partial charge in [0.15, 0.2) is 0 Å². The molecular weight excluding hydrogens is 413 g/mol. The van der Waals surface area contributed by atoms with Gasteiger partial charge in [0, 0.05) is 25.0 Å². The van der Waals surface area contributed by atoms with E-state index >= 15 is 0 Å². The second-order valence-corrected chi connectivity index (χ2v) is 6.99. The van der Waals surface area contributed by atoms with Crippen LogP contribution in [0.4, 0.5) is 30.6 Å². The summed E-state index contributed by atoms with van der Waals surface area (Å²) in [7, 11) is 0. The Balaban J connectivity index is 1.66. The van der Waals surface area contributed by atoms with Gasteiger partial charge in [-0.05, 0) is 42.3 Å². The number of aryl methyl sites for hydroxylation is 1. The number of anilines is 3. The van der Waals surface area contributed by atoms with E-state index in [0.29, 0.717) is 28.6 Å². The zero-order valence-electron chi connectivity index (χ0n) is 16.5. The van der Waals surface area contributed by atoms with Crippen LogP contribution >= 0.6 is 0 Å². The third-order valence-electron chi connectivity index (χ3n) is 4.77. The molecule has 4 rings (SSSR count). The monoisotopic (exact) mass is 432 g/mol. The smallest absolute Gasteiger partial charge is 0.377 e. The number of nitrogens with zero attached hydrogens (tertiary/aromatic N) is 4. The second kappa shape index (κ2) is 8.34. The van der Waals surface area contributed by atoms with Crippen LogP contribution in [0, 0.1) is 6.92 Å². The molecule has 3 aromatic heterocycles. The summed E-state index contributed by atoms with van der Waals surface area (Å²) < 4.78 is 45.4. The van der Waals surface area contributed by atoms with Crippen molar-refractivity contribution < 1.29 is 17.9 Å². The third kappa shape index (κ3) is 4.82. The average Bonchev–Trinajstić information content (AvgIpc) is 2.73. The van der Waals surface area contributed by atoms with Crippen molar-refractivity contribution in [3.8, 4) is 11.1 Å². The molecule has 1 unspecified atom stereocenters.